The second-order valence-electron chi connectivity index (χ2n) is 9.03. The highest BCUT2D eigenvalue weighted by atomic mass is 16.6. The van der Waals surface area contributed by atoms with Crippen molar-refractivity contribution in [3.63, 3.8) is 0 Å². The fourth-order valence-corrected chi connectivity index (χ4v) is 4.85. The molecule has 1 saturated heterocycles. The minimum Gasteiger partial charge on any atom is -0.507 e. The van der Waals surface area contributed by atoms with Crippen molar-refractivity contribution in [3.05, 3.63) is 111 Å². The molecule has 3 aromatic carbocycles. The first-order valence-corrected chi connectivity index (χ1v) is 11.7. The molecule has 0 radical (unpaired) electrons. The first-order valence-electron chi connectivity index (χ1n) is 11.7. The number of ketones is 1. The van der Waals surface area contributed by atoms with Crippen molar-refractivity contribution < 1.29 is 24.4 Å². The summed E-state index contributed by atoms with van der Waals surface area (Å²) < 4.78 is 5.74. The maximum atomic E-state index is 13.2. The fraction of sp³-hybridized carbons (Fsp3) is 0.214. The molecule has 1 N–H and O–H groups in total. The van der Waals surface area contributed by atoms with Gasteiger partial charge in [0.1, 0.15) is 17.6 Å². The van der Waals surface area contributed by atoms with E-state index in [1.165, 1.54) is 29.2 Å². The number of fused-ring (bicyclic) bond motifs is 1. The molecule has 182 valence electrons. The van der Waals surface area contributed by atoms with Crippen LogP contribution in [0.1, 0.15) is 35.2 Å². The highest BCUT2D eigenvalue weighted by molar-refractivity contribution is 6.46. The Labute approximate surface area is 207 Å². The molecule has 8 nitrogen and oxygen atoms in total. The van der Waals surface area contributed by atoms with Crippen LogP contribution in [0, 0.1) is 10.1 Å². The van der Waals surface area contributed by atoms with E-state index in [0.717, 1.165) is 16.9 Å². The molecule has 5 rings (SSSR count). The Morgan fingerprint density at radius 2 is 1.81 bits per heavy atom. The minimum atomic E-state index is -0.877. The predicted molar refractivity (Wildman–Crippen MR) is 132 cm³/mol. The van der Waals surface area contributed by atoms with Crippen molar-refractivity contribution in [2.75, 3.05) is 6.54 Å². The molecule has 0 bridgehead atoms. The summed E-state index contributed by atoms with van der Waals surface area (Å²) in [5.41, 5.74) is 2.69. The number of nitrogens with zero attached hydrogens (tertiary/aromatic N) is 2. The van der Waals surface area contributed by atoms with E-state index in [2.05, 4.69) is 0 Å². The summed E-state index contributed by atoms with van der Waals surface area (Å²) >= 11 is 0. The number of nitro benzene ring substituents is 1. The van der Waals surface area contributed by atoms with Gasteiger partial charge in [-0.15, -0.1) is 0 Å². The quantitative estimate of drug-likeness (QED) is 0.180. The third kappa shape index (κ3) is 4.22. The third-order valence-corrected chi connectivity index (χ3v) is 6.61. The lowest BCUT2D eigenvalue weighted by atomic mass is 9.94. The van der Waals surface area contributed by atoms with Crippen molar-refractivity contribution >= 4 is 23.1 Å². The lowest BCUT2D eigenvalue weighted by molar-refractivity contribution is -0.384. The maximum absolute atomic E-state index is 13.2. The van der Waals surface area contributed by atoms with Gasteiger partial charge in [-0.3, -0.25) is 19.7 Å². The maximum Gasteiger partial charge on any atom is 0.295 e. The van der Waals surface area contributed by atoms with Crippen LogP contribution in [0.4, 0.5) is 5.69 Å². The molecule has 0 spiro atoms. The molecule has 2 atom stereocenters. The molecule has 0 aromatic heterocycles. The smallest absolute Gasteiger partial charge is 0.295 e. The Balaban J connectivity index is 1.57. The number of rotatable bonds is 6. The molecule has 1 amide bonds. The second-order valence-corrected chi connectivity index (χ2v) is 9.03. The average molecular weight is 485 g/mol. The normalized spacial score (nSPS) is 20.3. The molecule has 2 aliphatic heterocycles. The highest BCUT2D eigenvalue weighted by Gasteiger charge is 2.46. The topological polar surface area (TPSA) is 110 Å². The van der Waals surface area contributed by atoms with Crippen LogP contribution in [0.2, 0.25) is 0 Å². The van der Waals surface area contributed by atoms with E-state index in [1.54, 1.807) is 18.2 Å². The van der Waals surface area contributed by atoms with Gasteiger partial charge in [-0.2, -0.15) is 0 Å². The van der Waals surface area contributed by atoms with Gasteiger partial charge in [-0.1, -0.05) is 30.3 Å². The lowest BCUT2D eigenvalue weighted by Crippen LogP contribution is -2.31. The number of likely N-dealkylation sites (tertiary alicyclic amines) is 1. The first kappa shape index (κ1) is 23.3. The van der Waals surface area contributed by atoms with Crippen LogP contribution in [0.15, 0.2) is 78.4 Å². The van der Waals surface area contributed by atoms with Gasteiger partial charge < -0.3 is 14.7 Å². The summed E-state index contributed by atoms with van der Waals surface area (Å²) in [5.74, 6) is -1.04. The zero-order chi connectivity index (χ0) is 25.4. The van der Waals surface area contributed by atoms with Gasteiger partial charge in [0.15, 0.2) is 0 Å². The molecular weight excluding hydrogens is 460 g/mol. The molecule has 8 heteroatoms. The number of hydrogen-bond donors (Lipinski definition) is 1. The van der Waals surface area contributed by atoms with Crippen molar-refractivity contribution in [1.29, 1.82) is 0 Å². The van der Waals surface area contributed by atoms with E-state index >= 15 is 0 Å². The van der Waals surface area contributed by atoms with Gasteiger partial charge in [0.2, 0.25) is 0 Å². The number of Topliss-reactive ketones (excluding diaryl/α,β-unsaturated/α-hetero) is 1. The fourth-order valence-electron chi connectivity index (χ4n) is 4.85. The summed E-state index contributed by atoms with van der Waals surface area (Å²) in [6.45, 7) is 2.19. The van der Waals surface area contributed by atoms with Crippen molar-refractivity contribution in [2.45, 2.75) is 31.9 Å². The molecular formula is C28H24N2O6. The summed E-state index contributed by atoms with van der Waals surface area (Å²) in [6, 6.07) is 19.6. The summed E-state index contributed by atoms with van der Waals surface area (Å²) in [7, 11) is 0. The summed E-state index contributed by atoms with van der Waals surface area (Å²) in [5, 5.41) is 22.5. The number of hydrogen-bond acceptors (Lipinski definition) is 6. The third-order valence-electron chi connectivity index (χ3n) is 6.61. The van der Waals surface area contributed by atoms with Gasteiger partial charge in [0, 0.05) is 30.7 Å². The highest BCUT2D eigenvalue weighted by Crippen LogP contribution is 2.41. The molecule has 0 unspecified atom stereocenters. The first-order chi connectivity index (χ1) is 17.3. The molecule has 0 saturated carbocycles. The van der Waals surface area contributed by atoms with Crippen LogP contribution in [0.5, 0.6) is 5.75 Å². The number of carbonyl (C=O) groups excluding carboxylic acids is 2. The zero-order valence-corrected chi connectivity index (χ0v) is 19.6. The number of nitro groups is 1. The molecule has 2 heterocycles. The molecule has 1 fully saturated rings. The van der Waals surface area contributed by atoms with Gasteiger partial charge in [0.25, 0.3) is 17.4 Å². The number of benzene rings is 3. The molecule has 2 aliphatic rings. The van der Waals surface area contributed by atoms with Gasteiger partial charge in [-0.05, 0) is 60.4 Å². The van der Waals surface area contributed by atoms with Gasteiger partial charge in [0.05, 0.1) is 16.5 Å². The van der Waals surface area contributed by atoms with E-state index in [1.807, 2.05) is 37.3 Å². The number of non-ortho nitro benzene ring substituents is 1. The van der Waals surface area contributed by atoms with Crippen LogP contribution in [-0.4, -0.2) is 39.3 Å². The lowest BCUT2D eigenvalue weighted by Gasteiger charge is -2.25. The minimum absolute atomic E-state index is 0.0149. The number of aliphatic hydroxyl groups excluding tert-OH is 1. The summed E-state index contributed by atoms with van der Waals surface area (Å²) in [6.07, 6.45) is 1.19. The monoisotopic (exact) mass is 484 g/mol. The van der Waals surface area contributed by atoms with E-state index in [0.29, 0.717) is 24.0 Å². The molecule has 3 aromatic rings. The molecule has 36 heavy (non-hydrogen) atoms. The Hall–Kier alpha value is -4.46. The van der Waals surface area contributed by atoms with E-state index in [-0.39, 0.29) is 29.7 Å². The van der Waals surface area contributed by atoms with Crippen molar-refractivity contribution in [2.24, 2.45) is 0 Å². The Morgan fingerprint density at radius 3 is 2.50 bits per heavy atom. The SMILES string of the molecule is C[C@H]1Cc2cc(C(O)=C3C(=O)C(=O)N(CCc4ccccc4)[C@@H]3c3ccc([N+](=O)[O-])cc3)ccc2O1. The van der Waals surface area contributed by atoms with Crippen LogP contribution >= 0.6 is 0 Å². The predicted octanol–water partition coefficient (Wildman–Crippen LogP) is 4.58. The van der Waals surface area contributed by atoms with Gasteiger partial charge >= 0.3 is 0 Å². The van der Waals surface area contributed by atoms with Crippen LogP contribution in [0.25, 0.3) is 5.76 Å². The van der Waals surface area contributed by atoms with E-state index < -0.39 is 22.7 Å². The Morgan fingerprint density at radius 1 is 1.08 bits per heavy atom. The van der Waals surface area contributed by atoms with E-state index in [4.69, 9.17) is 4.74 Å². The van der Waals surface area contributed by atoms with E-state index in [9.17, 15) is 24.8 Å². The van der Waals surface area contributed by atoms with Crippen molar-refractivity contribution in [3.8, 4) is 5.75 Å². The Bertz CT molecular complexity index is 1380. The van der Waals surface area contributed by atoms with Crippen molar-refractivity contribution in [1.82, 2.24) is 4.90 Å². The zero-order valence-electron chi connectivity index (χ0n) is 19.6. The largest absolute Gasteiger partial charge is 0.507 e. The average Bonchev–Trinajstić information content (AvgIpc) is 3.38. The van der Waals surface area contributed by atoms with Crippen LogP contribution in [0.3, 0.4) is 0 Å². The number of ether oxygens (including phenoxy) is 1. The number of amides is 1. The summed E-state index contributed by atoms with van der Waals surface area (Å²) in [4.78, 5) is 38.5. The van der Waals surface area contributed by atoms with Crippen LogP contribution < -0.4 is 4.74 Å². The van der Waals surface area contributed by atoms with Crippen LogP contribution in [-0.2, 0) is 22.4 Å². The Kier molecular flexibility index (Phi) is 6.01. The second kappa shape index (κ2) is 9.30. The number of carbonyl (C=O) groups is 2. The number of aliphatic hydroxyl groups is 1. The van der Waals surface area contributed by atoms with Gasteiger partial charge in [-0.25, -0.2) is 0 Å². The standard InChI is InChI=1S/C28H24N2O6/c1-17-15-21-16-20(9-12-23(21)36-17)26(31)24-25(19-7-10-22(11-8-19)30(34)35)29(28(33)27(24)32)14-13-18-5-3-2-4-6-18/h2-12,16-17,25,31H,13-15H2,1H3/t17-,25+/m0/s1. The molecule has 0 aliphatic carbocycles.